The second-order valence-corrected chi connectivity index (χ2v) is 2.04. The molecule has 0 saturated carbocycles. The van der Waals surface area contributed by atoms with E-state index in [0.29, 0.717) is 6.42 Å². The molecule has 40 valence electrons. The van der Waals surface area contributed by atoms with Crippen molar-refractivity contribution in [2.45, 2.75) is 26.2 Å². The van der Waals surface area contributed by atoms with E-state index in [1.54, 1.807) is 0 Å². The monoisotopic (exact) mass is 100 g/mol. The molecule has 1 heteroatoms. The van der Waals surface area contributed by atoms with Crippen molar-refractivity contribution in [1.82, 2.24) is 0 Å². The first-order chi connectivity index (χ1) is 3.30. The van der Waals surface area contributed by atoms with Gasteiger partial charge in [0.05, 0.1) is 5.83 Å². The van der Waals surface area contributed by atoms with Gasteiger partial charge in [-0.2, -0.15) is 0 Å². The molecule has 0 radical (unpaired) electrons. The summed E-state index contributed by atoms with van der Waals surface area (Å²) in [5.41, 5.74) is 0.958. The maximum absolute atomic E-state index is 12.2. The van der Waals surface area contributed by atoms with Crippen LogP contribution < -0.4 is 0 Å². The minimum Gasteiger partial charge on any atom is -0.212 e. The Kier molecular flexibility index (Phi) is 1.13. The number of hydrogen-bond donors (Lipinski definition) is 0. The highest BCUT2D eigenvalue weighted by atomic mass is 19.1. The largest absolute Gasteiger partial charge is 0.212 e. The van der Waals surface area contributed by atoms with Crippen molar-refractivity contribution in [2.24, 2.45) is 0 Å². The van der Waals surface area contributed by atoms with Gasteiger partial charge in [-0.3, -0.25) is 0 Å². The molecular weight excluding hydrogens is 91.1 g/mol. The average molecular weight is 100 g/mol. The third kappa shape index (κ3) is 0.817. The molecule has 0 heterocycles. The predicted molar refractivity (Wildman–Crippen MR) is 27.7 cm³/mol. The average Bonchev–Trinajstić information content (AvgIpc) is 1.91. The summed E-state index contributed by atoms with van der Waals surface area (Å²) in [6.45, 7) is 1.86. The molecule has 0 fully saturated rings. The van der Waals surface area contributed by atoms with Crippen LogP contribution >= 0.6 is 0 Å². The lowest BCUT2D eigenvalue weighted by Crippen LogP contribution is -1.64. The van der Waals surface area contributed by atoms with Crippen LogP contribution in [0.15, 0.2) is 11.4 Å². The predicted octanol–water partition coefficient (Wildman–Crippen LogP) is 2.41. The molecule has 0 aliphatic heterocycles. The summed E-state index contributed by atoms with van der Waals surface area (Å²) in [5.74, 6) is 0.125. The molecule has 1 aliphatic rings. The Morgan fingerprint density at radius 1 is 1.43 bits per heavy atom. The zero-order chi connectivity index (χ0) is 5.28. The zero-order valence-electron chi connectivity index (χ0n) is 4.50. The molecule has 0 nitrogen and oxygen atoms in total. The van der Waals surface area contributed by atoms with Crippen molar-refractivity contribution in [3.8, 4) is 0 Å². The summed E-state index contributed by atoms with van der Waals surface area (Å²) in [7, 11) is 0. The highest BCUT2D eigenvalue weighted by Gasteiger charge is 2.07. The van der Waals surface area contributed by atoms with Crippen LogP contribution in [0, 0.1) is 0 Å². The summed E-state index contributed by atoms with van der Waals surface area (Å²) in [6, 6.07) is 0. The smallest absolute Gasteiger partial charge is 0.0988 e. The van der Waals surface area contributed by atoms with Crippen molar-refractivity contribution < 1.29 is 4.39 Å². The summed E-state index contributed by atoms with van der Waals surface area (Å²) >= 11 is 0. The van der Waals surface area contributed by atoms with Gasteiger partial charge in [-0.25, -0.2) is 4.39 Å². The van der Waals surface area contributed by atoms with Crippen molar-refractivity contribution in [3.05, 3.63) is 11.4 Å². The molecule has 0 amide bonds. The lowest BCUT2D eigenvalue weighted by Gasteiger charge is -1.82. The molecule has 0 aromatic rings. The molecule has 0 unspecified atom stereocenters. The fraction of sp³-hybridized carbons (Fsp3) is 0.667. The Morgan fingerprint density at radius 2 is 2.14 bits per heavy atom. The van der Waals surface area contributed by atoms with E-state index < -0.39 is 0 Å². The van der Waals surface area contributed by atoms with Crippen molar-refractivity contribution in [2.75, 3.05) is 0 Å². The van der Waals surface area contributed by atoms with E-state index in [-0.39, 0.29) is 5.83 Å². The van der Waals surface area contributed by atoms with Gasteiger partial charge in [0.15, 0.2) is 0 Å². The SMILES string of the molecule is CC1=C(F)CCC1. The van der Waals surface area contributed by atoms with Gasteiger partial charge in [-0.05, 0) is 31.8 Å². The zero-order valence-corrected chi connectivity index (χ0v) is 4.50. The lowest BCUT2D eigenvalue weighted by molar-refractivity contribution is 0.600. The first-order valence-electron chi connectivity index (χ1n) is 2.65. The minimum atomic E-state index is 0.125. The summed E-state index contributed by atoms with van der Waals surface area (Å²) in [5, 5.41) is 0. The Morgan fingerprint density at radius 3 is 2.29 bits per heavy atom. The molecule has 0 aromatic heterocycles. The Balaban J connectivity index is 2.64. The van der Waals surface area contributed by atoms with Crippen molar-refractivity contribution in [3.63, 3.8) is 0 Å². The molecular formula is C6H9F. The van der Waals surface area contributed by atoms with Gasteiger partial charge in [-0.15, -0.1) is 0 Å². The van der Waals surface area contributed by atoms with E-state index in [9.17, 15) is 4.39 Å². The first-order valence-corrected chi connectivity index (χ1v) is 2.65. The van der Waals surface area contributed by atoms with E-state index in [1.807, 2.05) is 6.92 Å². The summed E-state index contributed by atoms with van der Waals surface area (Å²) in [4.78, 5) is 0. The van der Waals surface area contributed by atoms with E-state index >= 15 is 0 Å². The number of allylic oxidation sites excluding steroid dienone is 2. The van der Waals surface area contributed by atoms with Crippen LogP contribution in [-0.2, 0) is 0 Å². The third-order valence-electron chi connectivity index (χ3n) is 1.41. The Bertz CT molecular complexity index is 90.7. The van der Waals surface area contributed by atoms with E-state index in [0.717, 1.165) is 18.4 Å². The van der Waals surface area contributed by atoms with Crippen LogP contribution in [0.4, 0.5) is 4.39 Å². The van der Waals surface area contributed by atoms with Gasteiger partial charge in [0, 0.05) is 0 Å². The van der Waals surface area contributed by atoms with E-state index in [1.165, 1.54) is 0 Å². The first kappa shape index (κ1) is 4.82. The number of hydrogen-bond acceptors (Lipinski definition) is 0. The van der Waals surface area contributed by atoms with Gasteiger partial charge < -0.3 is 0 Å². The maximum atomic E-state index is 12.2. The van der Waals surface area contributed by atoms with Crippen LogP contribution in [0.5, 0.6) is 0 Å². The molecule has 1 aliphatic carbocycles. The van der Waals surface area contributed by atoms with Crippen LogP contribution in [0.3, 0.4) is 0 Å². The van der Waals surface area contributed by atoms with E-state index in [4.69, 9.17) is 0 Å². The highest BCUT2D eigenvalue weighted by Crippen LogP contribution is 2.25. The van der Waals surface area contributed by atoms with Crippen LogP contribution in [-0.4, -0.2) is 0 Å². The van der Waals surface area contributed by atoms with Gasteiger partial charge in [-0.1, -0.05) is 0 Å². The van der Waals surface area contributed by atoms with Crippen LogP contribution in [0.25, 0.3) is 0 Å². The fourth-order valence-electron chi connectivity index (χ4n) is 0.858. The second-order valence-electron chi connectivity index (χ2n) is 2.04. The van der Waals surface area contributed by atoms with Gasteiger partial charge in [0.2, 0.25) is 0 Å². The molecule has 1 rings (SSSR count). The molecule has 0 spiro atoms. The molecule has 0 bridgehead atoms. The standard InChI is InChI=1S/C6H9F/c1-5-3-2-4-6(5)7/h2-4H2,1H3. The van der Waals surface area contributed by atoms with Gasteiger partial charge >= 0.3 is 0 Å². The maximum Gasteiger partial charge on any atom is 0.0988 e. The van der Waals surface area contributed by atoms with Crippen LogP contribution in [0.2, 0.25) is 0 Å². The quantitative estimate of drug-likeness (QED) is 0.438. The van der Waals surface area contributed by atoms with Crippen molar-refractivity contribution >= 4 is 0 Å². The summed E-state index contributed by atoms with van der Waals surface area (Å²) in [6.07, 6.45) is 2.69. The topological polar surface area (TPSA) is 0 Å². The van der Waals surface area contributed by atoms with Crippen LogP contribution in [0.1, 0.15) is 26.2 Å². The molecule has 0 aromatic carbocycles. The normalized spacial score (nSPS) is 21.4. The number of rotatable bonds is 0. The van der Waals surface area contributed by atoms with E-state index in [2.05, 4.69) is 0 Å². The molecule has 0 saturated heterocycles. The van der Waals surface area contributed by atoms with Gasteiger partial charge in [0.1, 0.15) is 0 Å². The lowest BCUT2D eigenvalue weighted by atomic mass is 10.3. The van der Waals surface area contributed by atoms with Crippen molar-refractivity contribution in [1.29, 1.82) is 0 Å². The molecule has 0 N–H and O–H groups in total. The molecule has 0 atom stereocenters. The minimum absolute atomic E-state index is 0.125. The highest BCUT2D eigenvalue weighted by molar-refractivity contribution is 5.09. The molecule has 7 heavy (non-hydrogen) atoms. The van der Waals surface area contributed by atoms with Gasteiger partial charge in [0.25, 0.3) is 0 Å². The fourth-order valence-corrected chi connectivity index (χ4v) is 0.858. The third-order valence-corrected chi connectivity index (χ3v) is 1.41. The number of halogens is 1. The second kappa shape index (κ2) is 1.65. The Labute approximate surface area is 43.0 Å². The Hall–Kier alpha value is -0.330. The summed E-state index contributed by atoms with van der Waals surface area (Å²) < 4.78 is 12.2.